The Balaban J connectivity index is 1.58. The highest BCUT2D eigenvalue weighted by Gasteiger charge is 2.02. The second-order valence-electron chi connectivity index (χ2n) is 4.87. The fourth-order valence-corrected chi connectivity index (χ4v) is 2.68. The van der Waals surface area contributed by atoms with E-state index in [0.717, 1.165) is 24.5 Å². The Kier molecular flexibility index (Phi) is 4.05. The highest BCUT2D eigenvalue weighted by molar-refractivity contribution is 6.31. The van der Waals surface area contributed by atoms with Gasteiger partial charge < -0.3 is 10.3 Å². The van der Waals surface area contributed by atoms with Crippen molar-refractivity contribution in [3.05, 3.63) is 70.9 Å². The summed E-state index contributed by atoms with van der Waals surface area (Å²) in [4.78, 5) is 3.24. The molecule has 0 radical (unpaired) electrons. The minimum absolute atomic E-state index is 0.849. The molecule has 0 unspecified atom stereocenters. The van der Waals surface area contributed by atoms with E-state index in [-0.39, 0.29) is 0 Å². The van der Waals surface area contributed by atoms with Gasteiger partial charge in [0.25, 0.3) is 0 Å². The molecule has 2 nitrogen and oxygen atoms in total. The maximum absolute atomic E-state index is 6.15. The zero-order chi connectivity index (χ0) is 13.8. The Hall–Kier alpha value is -1.77. The zero-order valence-corrected chi connectivity index (χ0v) is 12.0. The van der Waals surface area contributed by atoms with Crippen LogP contribution < -0.4 is 5.32 Å². The third kappa shape index (κ3) is 2.87. The minimum Gasteiger partial charge on any atom is -0.361 e. The number of hydrogen-bond acceptors (Lipinski definition) is 1. The van der Waals surface area contributed by atoms with Crippen molar-refractivity contribution in [1.82, 2.24) is 10.3 Å². The first-order valence-electron chi connectivity index (χ1n) is 6.84. The first-order valence-corrected chi connectivity index (χ1v) is 7.21. The Labute approximate surface area is 123 Å². The topological polar surface area (TPSA) is 27.8 Å². The van der Waals surface area contributed by atoms with Crippen LogP contribution in [0.2, 0.25) is 5.02 Å². The number of nitrogens with one attached hydrogen (secondary N) is 2. The number of hydrogen-bond donors (Lipinski definition) is 2. The molecular weight excluding hydrogens is 268 g/mol. The van der Waals surface area contributed by atoms with Gasteiger partial charge in [0.2, 0.25) is 0 Å². The molecule has 0 aliphatic carbocycles. The van der Waals surface area contributed by atoms with Gasteiger partial charge >= 0.3 is 0 Å². The highest BCUT2D eigenvalue weighted by atomic mass is 35.5. The van der Waals surface area contributed by atoms with Crippen molar-refractivity contribution in [2.45, 2.75) is 13.0 Å². The number of rotatable bonds is 5. The number of fused-ring (bicyclic) bond motifs is 1. The van der Waals surface area contributed by atoms with Crippen LogP contribution in [-0.2, 0) is 13.0 Å². The molecule has 0 saturated heterocycles. The van der Waals surface area contributed by atoms with Crippen molar-refractivity contribution < 1.29 is 0 Å². The number of aromatic nitrogens is 1. The molecule has 1 aromatic heterocycles. The first kappa shape index (κ1) is 13.2. The Bertz CT molecular complexity index is 703. The normalized spacial score (nSPS) is 11.1. The number of benzene rings is 2. The van der Waals surface area contributed by atoms with Crippen molar-refractivity contribution in [2.75, 3.05) is 6.54 Å². The summed E-state index contributed by atoms with van der Waals surface area (Å²) in [6.45, 7) is 1.80. The molecule has 0 fully saturated rings. The molecule has 3 aromatic rings. The van der Waals surface area contributed by atoms with Crippen LogP contribution in [0.3, 0.4) is 0 Å². The van der Waals surface area contributed by atoms with E-state index in [1.807, 2.05) is 24.4 Å². The van der Waals surface area contributed by atoms with Gasteiger partial charge in [-0.1, -0.05) is 41.9 Å². The molecule has 0 saturated carbocycles. The molecule has 0 bridgehead atoms. The van der Waals surface area contributed by atoms with E-state index in [0.29, 0.717) is 0 Å². The second-order valence-corrected chi connectivity index (χ2v) is 5.28. The van der Waals surface area contributed by atoms with Gasteiger partial charge in [-0.15, -0.1) is 0 Å². The number of halogens is 1. The van der Waals surface area contributed by atoms with Crippen LogP contribution in [0.1, 0.15) is 11.1 Å². The van der Waals surface area contributed by atoms with Crippen LogP contribution in [0.15, 0.2) is 54.7 Å². The van der Waals surface area contributed by atoms with Crippen molar-refractivity contribution in [3.8, 4) is 0 Å². The van der Waals surface area contributed by atoms with Crippen LogP contribution in [0, 0.1) is 0 Å². The van der Waals surface area contributed by atoms with Gasteiger partial charge in [-0.2, -0.15) is 0 Å². The molecule has 0 aliphatic heterocycles. The summed E-state index contributed by atoms with van der Waals surface area (Å²) in [7, 11) is 0. The van der Waals surface area contributed by atoms with Gasteiger partial charge in [0.15, 0.2) is 0 Å². The van der Waals surface area contributed by atoms with E-state index < -0.39 is 0 Å². The van der Waals surface area contributed by atoms with Crippen molar-refractivity contribution in [3.63, 3.8) is 0 Å². The van der Waals surface area contributed by atoms with E-state index in [4.69, 9.17) is 11.6 Å². The van der Waals surface area contributed by atoms with Crippen LogP contribution in [0.5, 0.6) is 0 Å². The van der Waals surface area contributed by atoms with Crippen LogP contribution >= 0.6 is 11.6 Å². The summed E-state index contributed by atoms with van der Waals surface area (Å²) in [5, 5.41) is 5.63. The Morgan fingerprint density at radius 2 is 1.80 bits per heavy atom. The molecule has 20 heavy (non-hydrogen) atoms. The lowest BCUT2D eigenvalue weighted by Crippen LogP contribution is -2.16. The molecule has 2 aromatic carbocycles. The smallest absolute Gasteiger partial charge is 0.0457 e. The Morgan fingerprint density at radius 3 is 2.70 bits per heavy atom. The molecule has 1 heterocycles. The fourth-order valence-electron chi connectivity index (χ4n) is 2.45. The molecular formula is C17H17ClN2. The first-order chi connectivity index (χ1) is 9.84. The summed E-state index contributed by atoms with van der Waals surface area (Å²) in [6, 6.07) is 16.5. The molecule has 3 rings (SSSR count). The largest absolute Gasteiger partial charge is 0.361 e. The van der Waals surface area contributed by atoms with E-state index in [1.165, 1.54) is 22.0 Å². The van der Waals surface area contributed by atoms with E-state index in [1.54, 1.807) is 0 Å². The lowest BCUT2D eigenvalue weighted by molar-refractivity contribution is 0.690. The summed E-state index contributed by atoms with van der Waals surface area (Å²) in [6.07, 6.45) is 2.93. The predicted octanol–water partition coefficient (Wildman–Crippen LogP) is 4.15. The minimum atomic E-state index is 0.849. The molecule has 2 N–H and O–H groups in total. The number of aromatic amines is 1. The van der Waals surface area contributed by atoms with Gasteiger partial charge in [-0.25, -0.2) is 0 Å². The summed E-state index contributed by atoms with van der Waals surface area (Å²) >= 11 is 6.15. The van der Waals surface area contributed by atoms with Gasteiger partial charge in [0.05, 0.1) is 0 Å². The average Bonchev–Trinajstić information content (AvgIpc) is 2.94. The SMILES string of the molecule is Clc1ccccc1CCNCc1cccc2[nH]ccc12. The summed E-state index contributed by atoms with van der Waals surface area (Å²) < 4.78 is 0. The quantitative estimate of drug-likeness (QED) is 0.677. The van der Waals surface area contributed by atoms with Crippen molar-refractivity contribution >= 4 is 22.5 Å². The van der Waals surface area contributed by atoms with Gasteiger partial charge in [0.1, 0.15) is 0 Å². The Morgan fingerprint density at radius 1 is 0.950 bits per heavy atom. The van der Waals surface area contributed by atoms with Gasteiger partial charge in [0, 0.05) is 28.7 Å². The third-order valence-corrected chi connectivity index (χ3v) is 3.90. The van der Waals surface area contributed by atoms with E-state index >= 15 is 0 Å². The van der Waals surface area contributed by atoms with Gasteiger partial charge in [-0.05, 0) is 42.3 Å². The average molecular weight is 285 g/mol. The lowest BCUT2D eigenvalue weighted by atomic mass is 10.1. The number of H-pyrrole nitrogens is 1. The monoisotopic (exact) mass is 284 g/mol. The molecule has 0 amide bonds. The molecule has 0 spiro atoms. The molecule has 0 atom stereocenters. The maximum Gasteiger partial charge on any atom is 0.0457 e. The lowest BCUT2D eigenvalue weighted by Gasteiger charge is -2.07. The zero-order valence-electron chi connectivity index (χ0n) is 11.2. The van der Waals surface area contributed by atoms with Crippen LogP contribution in [0.4, 0.5) is 0 Å². The van der Waals surface area contributed by atoms with Crippen LogP contribution in [-0.4, -0.2) is 11.5 Å². The predicted molar refractivity (Wildman–Crippen MR) is 85.2 cm³/mol. The standard InChI is InChI=1S/C17H17ClN2/c18-16-6-2-1-4-13(16)8-10-19-12-14-5-3-7-17-15(14)9-11-20-17/h1-7,9,11,19-20H,8,10,12H2. The molecule has 102 valence electrons. The van der Waals surface area contributed by atoms with Gasteiger partial charge in [-0.3, -0.25) is 0 Å². The third-order valence-electron chi connectivity index (χ3n) is 3.53. The molecule has 0 aliphatic rings. The summed E-state index contributed by atoms with van der Waals surface area (Å²) in [5.41, 5.74) is 3.71. The van der Waals surface area contributed by atoms with Crippen molar-refractivity contribution in [1.29, 1.82) is 0 Å². The maximum atomic E-state index is 6.15. The van der Waals surface area contributed by atoms with E-state index in [2.05, 4.69) is 40.6 Å². The molecule has 3 heteroatoms. The summed E-state index contributed by atoms with van der Waals surface area (Å²) in [5.74, 6) is 0. The fraction of sp³-hybridized carbons (Fsp3) is 0.176. The second kappa shape index (κ2) is 6.12. The highest BCUT2D eigenvalue weighted by Crippen LogP contribution is 2.17. The van der Waals surface area contributed by atoms with Crippen LogP contribution in [0.25, 0.3) is 10.9 Å². The van der Waals surface area contributed by atoms with E-state index in [9.17, 15) is 0 Å². The van der Waals surface area contributed by atoms with Crippen molar-refractivity contribution in [2.24, 2.45) is 0 Å².